The van der Waals surface area contributed by atoms with Crippen LogP contribution in [0.5, 0.6) is 0 Å². The molecule has 0 amide bonds. The molecule has 1 aromatic carbocycles. The van der Waals surface area contributed by atoms with E-state index in [2.05, 4.69) is 51.2 Å². The first-order valence-electron chi connectivity index (χ1n) is 7.44. The molecular formula is C17H29N. The summed E-state index contributed by atoms with van der Waals surface area (Å²) in [5.41, 5.74) is 4.20. The largest absolute Gasteiger partial charge is 0.312 e. The van der Waals surface area contributed by atoms with Crippen molar-refractivity contribution in [1.82, 2.24) is 5.32 Å². The van der Waals surface area contributed by atoms with Gasteiger partial charge in [-0.25, -0.2) is 0 Å². The lowest BCUT2D eigenvalue weighted by molar-refractivity contribution is 0.419. The molecule has 0 heterocycles. The van der Waals surface area contributed by atoms with Crippen LogP contribution in [0, 0.1) is 19.8 Å². The molecule has 0 aliphatic rings. The molecule has 18 heavy (non-hydrogen) atoms. The zero-order chi connectivity index (χ0) is 13.4. The summed E-state index contributed by atoms with van der Waals surface area (Å²) < 4.78 is 0. The van der Waals surface area contributed by atoms with Crippen LogP contribution in [0.25, 0.3) is 0 Å². The second-order valence-electron chi connectivity index (χ2n) is 5.48. The van der Waals surface area contributed by atoms with Gasteiger partial charge >= 0.3 is 0 Å². The summed E-state index contributed by atoms with van der Waals surface area (Å²) in [6.07, 6.45) is 5.34. The Morgan fingerprint density at radius 3 is 2.61 bits per heavy atom. The first kappa shape index (κ1) is 15.2. The van der Waals surface area contributed by atoms with E-state index in [0.717, 1.165) is 19.0 Å². The molecule has 1 atom stereocenters. The van der Waals surface area contributed by atoms with E-state index < -0.39 is 0 Å². The van der Waals surface area contributed by atoms with Gasteiger partial charge in [0.15, 0.2) is 0 Å². The Morgan fingerprint density at radius 1 is 1.17 bits per heavy atom. The van der Waals surface area contributed by atoms with Crippen molar-refractivity contribution in [2.24, 2.45) is 5.92 Å². The highest BCUT2D eigenvalue weighted by atomic mass is 14.9. The van der Waals surface area contributed by atoms with Gasteiger partial charge < -0.3 is 5.32 Å². The van der Waals surface area contributed by atoms with E-state index in [1.165, 1.54) is 42.4 Å². The Bertz CT molecular complexity index is 343. The third kappa shape index (κ3) is 5.22. The average Bonchev–Trinajstić information content (AvgIpc) is 2.37. The van der Waals surface area contributed by atoms with Crippen molar-refractivity contribution >= 4 is 0 Å². The van der Waals surface area contributed by atoms with E-state index in [-0.39, 0.29) is 0 Å². The van der Waals surface area contributed by atoms with Crippen molar-refractivity contribution in [1.29, 1.82) is 0 Å². The van der Waals surface area contributed by atoms with Crippen LogP contribution in [0.4, 0.5) is 0 Å². The van der Waals surface area contributed by atoms with Gasteiger partial charge in [0.05, 0.1) is 0 Å². The predicted molar refractivity (Wildman–Crippen MR) is 80.9 cm³/mol. The molecule has 1 nitrogen and oxygen atoms in total. The third-order valence-corrected chi connectivity index (χ3v) is 3.80. The van der Waals surface area contributed by atoms with Gasteiger partial charge in [-0.2, -0.15) is 0 Å². The molecule has 1 heteroatoms. The Morgan fingerprint density at radius 2 is 1.94 bits per heavy atom. The number of nitrogens with one attached hydrogen (secondary N) is 1. The predicted octanol–water partition coefficient (Wildman–Crippen LogP) is 4.61. The second kappa shape index (κ2) is 8.31. The molecule has 102 valence electrons. The van der Waals surface area contributed by atoms with Crippen molar-refractivity contribution in [3.8, 4) is 0 Å². The number of aryl methyl sites for hydroxylation is 2. The van der Waals surface area contributed by atoms with E-state index in [9.17, 15) is 0 Å². The van der Waals surface area contributed by atoms with Crippen molar-refractivity contribution in [3.63, 3.8) is 0 Å². The highest BCUT2D eigenvalue weighted by Gasteiger charge is 2.05. The molecule has 1 unspecified atom stereocenters. The molecule has 0 radical (unpaired) electrons. The lowest BCUT2D eigenvalue weighted by Crippen LogP contribution is -2.22. The smallest absolute Gasteiger partial charge is 0.0208 e. The molecule has 0 aliphatic carbocycles. The summed E-state index contributed by atoms with van der Waals surface area (Å²) in [5.74, 6) is 0.843. The number of rotatable bonds is 8. The van der Waals surface area contributed by atoms with Crippen LogP contribution in [-0.2, 0) is 6.54 Å². The SMILES string of the molecule is CCCCC(CC)CNCc1cc(C)ccc1C. The number of unbranched alkanes of at least 4 members (excludes halogenated alkanes) is 1. The summed E-state index contributed by atoms with van der Waals surface area (Å²) in [6.45, 7) is 11.1. The standard InChI is InChI=1S/C17H29N/c1-5-7-8-16(6-2)12-18-13-17-11-14(3)9-10-15(17)4/h9-11,16,18H,5-8,12-13H2,1-4H3. The number of benzene rings is 1. The minimum atomic E-state index is 0.843. The molecule has 1 N–H and O–H groups in total. The van der Waals surface area contributed by atoms with Gasteiger partial charge in [0.25, 0.3) is 0 Å². The lowest BCUT2D eigenvalue weighted by atomic mass is 9.99. The first-order valence-corrected chi connectivity index (χ1v) is 7.44. The van der Waals surface area contributed by atoms with Crippen LogP contribution >= 0.6 is 0 Å². The van der Waals surface area contributed by atoms with Crippen molar-refractivity contribution < 1.29 is 0 Å². The minimum Gasteiger partial charge on any atom is -0.312 e. The molecule has 0 saturated heterocycles. The molecule has 1 rings (SSSR count). The number of hydrogen-bond acceptors (Lipinski definition) is 1. The maximum Gasteiger partial charge on any atom is 0.0208 e. The van der Waals surface area contributed by atoms with Gasteiger partial charge in [-0.3, -0.25) is 0 Å². The molecule has 0 aliphatic heterocycles. The van der Waals surface area contributed by atoms with Crippen LogP contribution in [0.2, 0.25) is 0 Å². The molecule has 0 aromatic heterocycles. The van der Waals surface area contributed by atoms with Gasteiger partial charge in [-0.15, -0.1) is 0 Å². The van der Waals surface area contributed by atoms with Gasteiger partial charge in [-0.1, -0.05) is 56.9 Å². The fourth-order valence-electron chi connectivity index (χ4n) is 2.34. The van der Waals surface area contributed by atoms with Crippen LogP contribution < -0.4 is 5.32 Å². The van der Waals surface area contributed by atoms with Gasteiger partial charge in [-0.05, 0) is 43.9 Å². The summed E-state index contributed by atoms with van der Waals surface area (Å²) in [6, 6.07) is 6.71. The van der Waals surface area contributed by atoms with Crippen LogP contribution in [0.3, 0.4) is 0 Å². The van der Waals surface area contributed by atoms with Gasteiger partial charge in [0.1, 0.15) is 0 Å². The molecule has 1 aromatic rings. The Labute approximate surface area is 113 Å². The fourth-order valence-corrected chi connectivity index (χ4v) is 2.34. The highest BCUT2D eigenvalue weighted by molar-refractivity contribution is 5.30. The van der Waals surface area contributed by atoms with E-state index in [1.807, 2.05) is 0 Å². The Kier molecular flexibility index (Phi) is 7.04. The molecule has 0 fully saturated rings. The third-order valence-electron chi connectivity index (χ3n) is 3.80. The summed E-state index contributed by atoms with van der Waals surface area (Å²) in [4.78, 5) is 0. The van der Waals surface area contributed by atoms with Crippen molar-refractivity contribution in [3.05, 3.63) is 34.9 Å². The average molecular weight is 247 g/mol. The lowest BCUT2D eigenvalue weighted by Gasteiger charge is -2.16. The van der Waals surface area contributed by atoms with E-state index in [1.54, 1.807) is 0 Å². The summed E-state index contributed by atoms with van der Waals surface area (Å²) in [7, 11) is 0. The van der Waals surface area contributed by atoms with E-state index in [0.29, 0.717) is 0 Å². The van der Waals surface area contributed by atoms with Crippen LogP contribution in [0.1, 0.15) is 56.2 Å². The molecule has 0 bridgehead atoms. The maximum atomic E-state index is 3.63. The quantitative estimate of drug-likeness (QED) is 0.707. The van der Waals surface area contributed by atoms with Crippen LogP contribution in [-0.4, -0.2) is 6.54 Å². The minimum absolute atomic E-state index is 0.843. The van der Waals surface area contributed by atoms with Crippen molar-refractivity contribution in [2.45, 2.75) is 59.9 Å². The molecular weight excluding hydrogens is 218 g/mol. The topological polar surface area (TPSA) is 12.0 Å². The maximum absolute atomic E-state index is 3.63. The van der Waals surface area contributed by atoms with Gasteiger partial charge in [0, 0.05) is 6.54 Å². The van der Waals surface area contributed by atoms with E-state index >= 15 is 0 Å². The van der Waals surface area contributed by atoms with Gasteiger partial charge in [0.2, 0.25) is 0 Å². The Hall–Kier alpha value is -0.820. The monoisotopic (exact) mass is 247 g/mol. The first-order chi connectivity index (χ1) is 8.67. The van der Waals surface area contributed by atoms with Crippen LogP contribution in [0.15, 0.2) is 18.2 Å². The van der Waals surface area contributed by atoms with E-state index in [4.69, 9.17) is 0 Å². The Balaban J connectivity index is 2.37. The molecule has 0 saturated carbocycles. The highest BCUT2D eigenvalue weighted by Crippen LogP contribution is 2.13. The zero-order valence-electron chi connectivity index (χ0n) is 12.6. The second-order valence-corrected chi connectivity index (χ2v) is 5.48. The zero-order valence-corrected chi connectivity index (χ0v) is 12.6. The normalized spacial score (nSPS) is 12.7. The molecule has 0 spiro atoms. The number of hydrogen-bond donors (Lipinski definition) is 1. The fraction of sp³-hybridized carbons (Fsp3) is 0.647. The summed E-state index contributed by atoms with van der Waals surface area (Å²) in [5, 5.41) is 3.63. The summed E-state index contributed by atoms with van der Waals surface area (Å²) >= 11 is 0. The van der Waals surface area contributed by atoms with Crippen molar-refractivity contribution in [2.75, 3.05) is 6.54 Å².